The largest absolute Gasteiger partial charge is 0.330 e. The van der Waals surface area contributed by atoms with Crippen molar-refractivity contribution in [3.63, 3.8) is 0 Å². The Hall–Kier alpha value is -2.63. The maximum absolute atomic E-state index is 12.6. The number of piperazine rings is 1. The van der Waals surface area contributed by atoms with Crippen LogP contribution in [-0.2, 0) is 6.54 Å². The quantitative estimate of drug-likeness (QED) is 0.766. The minimum atomic E-state index is -0.139. The summed E-state index contributed by atoms with van der Waals surface area (Å²) >= 11 is 0. The van der Waals surface area contributed by atoms with E-state index >= 15 is 0 Å². The van der Waals surface area contributed by atoms with Crippen molar-refractivity contribution >= 4 is 22.6 Å². The van der Waals surface area contributed by atoms with Crippen LogP contribution >= 0.6 is 0 Å². The van der Waals surface area contributed by atoms with Gasteiger partial charge in [0.25, 0.3) is 0 Å². The number of carbonyl (C=O) groups excluding carboxylic acids is 1. The molecule has 0 unspecified atom stereocenters. The third-order valence-electron chi connectivity index (χ3n) is 5.34. The van der Waals surface area contributed by atoms with E-state index in [0.29, 0.717) is 0 Å². The number of hydrogen-bond donors (Lipinski definition) is 1. The van der Waals surface area contributed by atoms with E-state index < -0.39 is 0 Å². The lowest BCUT2D eigenvalue weighted by Crippen LogP contribution is -2.45. The monoisotopic (exact) mass is 362 g/mol. The van der Waals surface area contributed by atoms with Crippen molar-refractivity contribution in [1.82, 2.24) is 14.4 Å². The molecule has 2 aromatic carbocycles. The summed E-state index contributed by atoms with van der Waals surface area (Å²) in [6.45, 7) is 8.86. The second kappa shape index (κ2) is 7.94. The molecule has 1 aromatic heterocycles. The summed E-state index contributed by atoms with van der Waals surface area (Å²) in [5, 5.41) is 4.05. The Labute approximate surface area is 160 Å². The molecule has 0 aliphatic carbocycles. The van der Waals surface area contributed by atoms with Gasteiger partial charge in [-0.3, -0.25) is 9.47 Å². The minimum Gasteiger partial charge on any atom is -0.307 e. The molecular formula is C22H26N4O. The second-order valence-corrected chi connectivity index (χ2v) is 7.08. The molecule has 140 valence electrons. The Morgan fingerprint density at radius 3 is 2.37 bits per heavy atom. The highest BCUT2D eigenvalue weighted by molar-refractivity contribution is 5.98. The van der Waals surface area contributed by atoms with Crippen LogP contribution in [0.25, 0.3) is 10.9 Å². The van der Waals surface area contributed by atoms with Gasteiger partial charge in [0, 0.05) is 50.0 Å². The average Bonchev–Trinajstić information content (AvgIpc) is 3.14. The molecule has 1 amide bonds. The number of para-hydroxylation sites is 1. The molecule has 5 heteroatoms. The van der Waals surface area contributed by atoms with E-state index in [1.54, 1.807) is 4.57 Å². The first kappa shape index (κ1) is 17.8. The molecule has 3 aromatic rings. The van der Waals surface area contributed by atoms with Crippen LogP contribution in [0, 0.1) is 0 Å². The van der Waals surface area contributed by atoms with E-state index in [0.717, 1.165) is 55.9 Å². The molecule has 0 radical (unpaired) electrons. The third kappa shape index (κ3) is 4.04. The fourth-order valence-electron chi connectivity index (χ4n) is 3.66. The molecule has 27 heavy (non-hydrogen) atoms. The lowest BCUT2D eigenvalue weighted by Gasteiger charge is -2.34. The molecule has 1 fully saturated rings. The van der Waals surface area contributed by atoms with Crippen molar-refractivity contribution in [1.29, 1.82) is 0 Å². The Morgan fingerprint density at radius 2 is 1.63 bits per heavy atom. The van der Waals surface area contributed by atoms with Gasteiger partial charge in [-0.15, -0.1) is 0 Å². The lowest BCUT2D eigenvalue weighted by atomic mass is 10.2. The number of hydrogen-bond acceptors (Lipinski definition) is 3. The van der Waals surface area contributed by atoms with Gasteiger partial charge in [-0.1, -0.05) is 37.3 Å². The molecular weight excluding hydrogens is 336 g/mol. The summed E-state index contributed by atoms with van der Waals surface area (Å²) < 4.78 is 1.65. The first-order chi connectivity index (χ1) is 13.2. The van der Waals surface area contributed by atoms with Crippen LogP contribution in [0.5, 0.6) is 0 Å². The molecule has 2 heterocycles. The molecule has 0 saturated carbocycles. The predicted octanol–water partition coefficient (Wildman–Crippen LogP) is 3.86. The molecule has 0 spiro atoms. The van der Waals surface area contributed by atoms with Crippen LogP contribution in [0.2, 0.25) is 0 Å². The van der Waals surface area contributed by atoms with Crippen LogP contribution in [-0.4, -0.2) is 53.1 Å². The van der Waals surface area contributed by atoms with Gasteiger partial charge in [-0.05, 0) is 36.4 Å². The number of aromatic nitrogens is 1. The van der Waals surface area contributed by atoms with Crippen molar-refractivity contribution in [3.05, 3.63) is 66.4 Å². The van der Waals surface area contributed by atoms with Gasteiger partial charge in [0.2, 0.25) is 0 Å². The van der Waals surface area contributed by atoms with Crippen molar-refractivity contribution in [2.75, 3.05) is 38.0 Å². The molecule has 1 N–H and O–H groups in total. The van der Waals surface area contributed by atoms with Gasteiger partial charge < -0.3 is 10.2 Å². The topological polar surface area (TPSA) is 40.5 Å². The highest BCUT2D eigenvalue weighted by atomic mass is 16.2. The zero-order chi connectivity index (χ0) is 18.6. The Balaban J connectivity index is 1.37. The standard InChI is InChI=1S/C22H26N4O/c1-2-24-13-15-25(16-14-24)17-18-7-9-20(10-8-18)23-22(27)26-12-11-19-5-3-4-6-21(19)26/h3-12H,2,13-17H2,1H3,(H,23,27). The number of nitrogens with zero attached hydrogens (tertiary/aromatic N) is 3. The van der Waals surface area contributed by atoms with Gasteiger partial charge in [-0.2, -0.15) is 0 Å². The van der Waals surface area contributed by atoms with Crippen molar-refractivity contribution in [2.45, 2.75) is 13.5 Å². The first-order valence-corrected chi connectivity index (χ1v) is 9.64. The third-order valence-corrected chi connectivity index (χ3v) is 5.34. The molecule has 4 rings (SSSR count). The lowest BCUT2D eigenvalue weighted by molar-refractivity contribution is 0.132. The molecule has 1 aliphatic heterocycles. The summed E-state index contributed by atoms with van der Waals surface area (Å²) in [4.78, 5) is 17.6. The highest BCUT2D eigenvalue weighted by Gasteiger charge is 2.15. The first-order valence-electron chi connectivity index (χ1n) is 9.64. The van der Waals surface area contributed by atoms with Gasteiger partial charge in [-0.25, -0.2) is 4.79 Å². The Morgan fingerprint density at radius 1 is 0.926 bits per heavy atom. The van der Waals surface area contributed by atoms with Crippen molar-refractivity contribution < 1.29 is 4.79 Å². The summed E-state index contributed by atoms with van der Waals surface area (Å²) in [6.07, 6.45) is 1.81. The molecule has 1 aliphatic rings. The molecule has 5 nitrogen and oxygen atoms in total. The van der Waals surface area contributed by atoms with Gasteiger partial charge in [0.1, 0.15) is 0 Å². The zero-order valence-electron chi connectivity index (χ0n) is 15.8. The van der Waals surface area contributed by atoms with E-state index in [9.17, 15) is 4.79 Å². The number of carbonyl (C=O) groups is 1. The Kier molecular flexibility index (Phi) is 5.23. The van der Waals surface area contributed by atoms with Crippen molar-refractivity contribution in [3.8, 4) is 0 Å². The molecule has 1 saturated heterocycles. The van der Waals surface area contributed by atoms with E-state index in [4.69, 9.17) is 0 Å². The van der Waals surface area contributed by atoms with E-state index in [-0.39, 0.29) is 6.03 Å². The second-order valence-electron chi connectivity index (χ2n) is 7.08. The van der Waals surface area contributed by atoms with Crippen LogP contribution in [0.3, 0.4) is 0 Å². The number of likely N-dealkylation sites (N-methyl/N-ethyl adjacent to an activating group) is 1. The van der Waals surface area contributed by atoms with E-state index in [1.165, 1.54) is 5.56 Å². The Bertz CT molecular complexity index is 907. The van der Waals surface area contributed by atoms with Gasteiger partial charge >= 0.3 is 6.03 Å². The maximum Gasteiger partial charge on any atom is 0.330 e. The van der Waals surface area contributed by atoms with E-state index in [2.05, 4.69) is 34.2 Å². The summed E-state index contributed by atoms with van der Waals surface area (Å²) in [5.41, 5.74) is 3.01. The minimum absolute atomic E-state index is 0.139. The molecule has 0 bridgehead atoms. The number of amides is 1. The van der Waals surface area contributed by atoms with Crippen LogP contribution in [0.1, 0.15) is 12.5 Å². The average molecular weight is 362 g/mol. The van der Waals surface area contributed by atoms with Gasteiger partial charge in [0.15, 0.2) is 0 Å². The SMILES string of the molecule is CCN1CCN(Cc2ccc(NC(=O)n3ccc4ccccc43)cc2)CC1. The highest BCUT2D eigenvalue weighted by Crippen LogP contribution is 2.17. The number of fused-ring (bicyclic) bond motifs is 1. The normalized spacial score (nSPS) is 15.9. The predicted molar refractivity (Wildman–Crippen MR) is 110 cm³/mol. The smallest absolute Gasteiger partial charge is 0.307 e. The fourth-order valence-corrected chi connectivity index (χ4v) is 3.66. The van der Waals surface area contributed by atoms with Crippen LogP contribution < -0.4 is 5.32 Å². The molecule has 0 atom stereocenters. The van der Waals surface area contributed by atoms with E-state index in [1.807, 2.05) is 48.7 Å². The zero-order valence-corrected chi connectivity index (χ0v) is 15.8. The fraction of sp³-hybridized carbons (Fsp3) is 0.318. The number of nitrogens with one attached hydrogen (secondary N) is 1. The summed E-state index contributed by atoms with van der Waals surface area (Å²) in [5.74, 6) is 0. The maximum atomic E-state index is 12.6. The van der Waals surface area contributed by atoms with Crippen molar-refractivity contribution in [2.24, 2.45) is 0 Å². The summed E-state index contributed by atoms with van der Waals surface area (Å²) in [7, 11) is 0. The number of benzene rings is 2. The van der Waals surface area contributed by atoms with Crippen LogP contribution in [0.15, 0.2) is 60.8 Å². The number of rotatable bonds is 4. The summed E-state index contributed by atoms with van der Waals surface area (Å²) in [6, 6.07) is 17.9. The number of anilines is 1. The van der Waals surface area contributed by atoms with Crippen LogP contribution in [0.4, 0.5) is 10.5 Å². The van der Waals surface area contributed by atoms with Gasteiger partial charge in [0.05, 0.1) is 5.52 Å².